The summed E-state index contributed by atoms with van der Waals surface area (Å²) in [6.07, 6.45) is 1.79. The van der Waals surface area contributed by atoms with Gasteiger partial charge < -0.3 is 5.11 Å². The van der Waals surface area contributed by atoms with Gasteiger partial charge in [0.25, 0.3) is 0 Å². The van der Waals surface area contributed by atoms with Crippen LogP contribution in [0.4, 0.5) is 0 Å². The number of nitrogens with zero attached hydrogens (tertiary/aromatic N) is 2. The van der Waals surface area contributed by atoms with Crippen LogP contribution in [-0.2, 0) is 4.79 Å². The molecular weight excluding hydrogens is 216 g/mol. The van der Waals surface area contributed by atoms with Crippen LogP contribution in [0.5, 0.6) is 0 Å². The summed E-state index contributed by atoms with van der Waals surface area (Å²) in [5.41, 5.74) is 1.05. The smallest absolute Gasteiger partial charge is 0.306 e. The molecule has 0 spiro atoms. The van der Waals surface area contributed by atoms with Crippen molar-refractivity contribution >= 4 is 5.97 Å². The minimum atomic E-state index is -0.694. The zero-order valence-corrected chi connectivity index (χ0v) is 10.2. The van der Waals surface area contributed by atoms with E-state index < -0.39 is 5.97 Å². The molecule has 0 bridgehead atoms. The maximum absolute atomic E-state index is 10.8. The van der Waals surface area contributed by atoms with E-state index in [0.717, 1.165) is 18.8 Å². The van der Waals surface area contributed by atoms with Crippen molar-refractivity contribution in [1.29, 1.82) is 0 Å². The Bertz CT molecular complexity index is 388. The van der Waals surface area contributed by atoms with Crippen molar-refractivity contribution < 1.29 is 9.90 Å². The number of carboxylic acids is 1. The lowest BCUT2D eigenvalue weighted by Crippen LogP contribution is -2.51. The van der Waals surface area contributed by atoms with E-state index >= 15 is 0 Å². The molecule has 92 valence electrons. The van der Waals surface area contributed by atoms with Crippen molar-refractivity contribution in [2.75, 3.05) is 13.1 Å². The number of hydrogen-bond acceptors (Lipinski definition) is 3. The Morgan fingerprint density at radius 2 is 2.18 bits per heavy atom. The number of pyridine rings is 1. The van der Waals surface area contributed by atoms with E-state index in [0.29, 0.717) is 0 Å². The minimum Gasteiger partial charge on any atom is -0.481 e. The molecule has 1 saturated heterocycles. The number of likely N-dealkylation sites (tertiary alicyclic amines) is 1. The quantitative estimate of drug-likeness (QED) is 0.863. The fraction of sp³-hybridized carbons (Fsp3) is 0.538. The molecule has 1 aromatic rings. The predicted molar refractivity (Wildman–Crippen MR) is 64.5 cm³/mol. The Labute approximate surface area is 101 Å². The van der Waals surface area contributed by atoms with Crippen molar-refractivity contribution in [3.8, 4) is 0 Å². The highest BCUT2D eigenvalue weighted by Crippen LogP contribution is 2.31. The van der Waals surface area contributed by atoms with Crippen molar-refractivity contribution in [1.82, 2.24) is 9.88 Å². The van der Waals surface area contributed by atoms with Crippen molar-refractivity contribution in [2.45, 2.75) is 19.9 Å². The zero-order chi connectivity index (χ0) is 12.4. The number of rotatable bonds is 4. The summed E-state index contributed by atoms with van der Waals surface area (Å²) in [6.45, 7) is 5.61. The maximum atomic E-state index is 10.8. The van der Waals surface area contributed by atoms with Crippen LogP contribution in [0.2, 0.25) is 0 Å². The van der Waals surface area contributed by atoms with E-state index in [1.165, 1.54) is 0 Å². The molecule has 1 aromatic heterocycles. The maximum Gasteiger partial charge on any atom is 0.306 e. The van der Waals surface area contributed by atoms with Gasteiger partial charge in [-0.15, -0.1) is 0 Å². The van der Waals surface area contributed by atoms with Gasteiger partial charge in [-0.2, -0.15) is 0 Å². The first-order valence-corrected chi connectivity index (χ1v) is 5.97. The third-order valence-corrected chi connectivity index (χ3v) is 3.70. The molecule has 2 unspecified atom stereocenters. The second-order valence-electron chi connectivity index (χ2n) is 4.77. The molecular formula is C13H18N2O2. The molecule has 1 fully saturated rings. The second kappa shape index (κ2) is 4.84. The van der Waals surface area contributed by atoms with E-state index in [4.69, 9.17) is 5.11 Å². The summed E-state index contributed by atoms with van der Waals surface area (Å²) < 4.78 is 0. The number of carboxylic acid groups (broad SMARTS) is 1. The highest BCUT2D eigenvalue weighted by Gasteiger charge is 2.37. The zero-order valence-electron chi connectivity index (χ0n) is 10.2. The number of aliphatic carboxylic acids is 1. The summed E-state index contributed by atoms with van der Waals surface area (Å²) in [5.74, 6) is -0.666. The van der Waals surface area contributed by atoms with Gasteiger partial charge in [-0.1, -0.05) is 13.0 Å². The Balaban J connectivity index is 1.90. The van der Waals surface area contributed by atoms with Crippen LogP contribution < -0.4 is 0 Å². The number of aromatic nitrogens is 1. The summed E-state index contributed by atoms with van der Waals surface area (Å²) in [4.78, 5) is 17.4. The molecule has 1 N–H and O–H groups in total. The van der Waals surface area contributed by atoms with Crippen LogP contribution in [-0.4, -0.2) is 34.0 Å². The fourth-order valence-corrected chi connectivity index (χ4v) is 2.19. The molecule has 1 aliphatic heterocycles. The third kappa shape index (κ3) is 2.47. The first kappa shape index (κ1) is 12.0. The summed E-state index contributed by atoms with van der Waals surface area (Å²) >= 11 is 0. The summed E-state index contributed by atoms with van der Waals surface area (Å²) in [5, 5.41) is 8.93. The van der Waals surface area contributed by atoms with Gasteiger partial charge in [0.05, 0.1) is 11.6 Å². The van der Waals surface area contributed by atoms with Gasteiger partial charge in [0.15, 0.2) is 0 Å². The van der Waals surface area contributed by atoms with Gasteiger partial charge in [-0.25, -0.2) is 0 Å². The van der Waals surface area contributed by atoms with E-state index in [9.17, 15) is 4.79 Å². The lowest BCUT2D eigenvalue weighted by molar-refractivity contribution is -0.146. The molecule has 2 atom stereocenters. The summed E-state index contributed by atoms with van der Waals surface area (Å²) in [6, 6.07) is 6.17. The Morgan fingerprint density at radius 3 is 2.71 bits per heavy atom. The fourth-order valence-electron chi connectivity index (χ4n) is 2.19. The van der Waals surface area contributed by atoms with E-state index in [-0.39, 0.29) is 17.9 Å². The third-order valence-electron chi connectivity index (χ3n) is 3.70. The van der Waals surface area contributed by atoms with Gasteiger partial charge in [0, 0.05) is 25.3 Å². The van der Waals surface area contributed by atoms with E-state index in [2.05, 4.69) is 16.8 Å². The standard InChI is InChI=1S/C13H18N2O2/c1-9(13(16)17)11-7-15(8-11)10(2)12-5-3-4-6-14-12/h3-6,9-11H,7-8H2,1-2H3,(H,16,17). The lowest BCUT2D eigenvalue weighted by Gasteiger charge is -2.44. The lowest BCUT2D eigenvalue weighted by atomic mass is 9.86. The Hall–Kier alpha value is -1.42. The van der Waals surface area contributed by atoms with Crippen molar-refractivity contribution in [3.05, 3.63) is 30.1 Å². The van der Waals surface area contributed by atoms with Gasteiger partial charge in [-0.3, -0.25) is 14.7 Å². The highest BCUT2D eigenvalue weighted by molar-refractivity contribution is 5.70. The van der Waals surface area contributed by atoms with Gasteiger partial charge in [0.2, 0.25) is 0 Å². The van der Waals surface area contributed by atoms with Crippen molar-refractivity contribution in [3.63, 3.8) is 0 Å². The molecule has 0 aliphatic carbocycles. The normalized spacial score (nSPS) is 20.6. The molecule has 4 nitrogen and oxygen atoms in total. The molecule has 0 amide bonds. The van der Waals surface area contributed by atoms with Gasteiger partial charge in [0.1, 0.15) is 0 Å². The molecule has 1 aliphatic rings. The first-order chi connectivity index (χ1) is 8.09. The SMILES string of the molecule is CC(C(=O)O)C1CN(C(C)c2ccccn2)C1. The van der Waals surface area contributed by atoms with E-state index in [1.807, 2.05) is 18.2 Å². The van der Waals surface area contributed by atoms with Crippen LogP contribution in [0.15, 0.2) is 24.4 Å². The van der Waals surface area contributed by atoms with Crippen LogP contribution in [0.1, 0.15) is 25.6 Å². The molecule has 2 heterocycles. The molecule has 0 radical (unpaired) electrons. The van der Waals surface area contributed by atoms with Gasteiger partial charge in [-0.05, 0) is 25.0 Å². The minimum absolute atomic E-state index is 0.248. The van der Waals surface area contributed by atoms with E-state index in [1.54, 1.807) is 13.1 Å². The van der Waals surface area contributed by atoms with Crippen LogP contribution >= 0.6 is 0 Å². The first-order valence-electron chi connectivity index (χ1n) is 5.97. The van der Waals surface area contributed by atoms with Crippen LogP contribution in [0, 0.1) is 11.8 Å². The average Bonchev–Trinajstić information content (AvgIpc) is 2.27. The Morgan fingerprint density at radius 1 is 1.47 bits per heavy atom. The van der Waals surface area contributed by atoms with Crippen LogP contribution in [0.25, 0.3) is 0 Å². The largest absolute Gasteiger partial charge is 0.481 e. The molecule has 4 heteroatoms. The van der Waals surface area contributed by atoms with Crippen molar-refractivity contribution in [2.24, 2.45) is 11.8 Å². The molecule has 0 saturated carbocycles. The number of hydrogen-bond donors (Lipinski definition) is 1. The second-order valence-corrected chi connectivity index (χ2v) is 4.77. The molecule has 2 rings (SSSR count). The topological polar surface area (TPSA) is 53.4 Å². The average molecular weight is 234 g/mol. The highest BCUT2D eigenvalue weighted by atomic mass is 16.4. The predicted octanol–water partition coefficient (Wildman–Crippen LogP) is 1.80. The molecule has 17 heavy (non-hydrogen) atoms. The van der Waals surface area contributed by atoms with Gasteiger partial charge >= 0.3 is 5.97 Å². The Kier molecular flexibility index (Phi) is 3.43. The molecule has 0 aromatic carbocycles. The monoisotopic (exact) mass is 234 g/mol. The van der Waals surface area contributed by atoms with Crippen LogP contribution in [0.3, 0.4) is 0 Å². The number of carbonyl (C=O) groups is 1. The summed E-state index contributed by atoms with van der Waals surface area (Å²) in [7, 11) is 0.